The van der Waals surface area contributed by atoms with Crippen LogP contribution in [0.5, 0.6) is 11.5 Å². The highest BCUT2D eigenvalue weighted by atomic mass is 16.5. The predicted molar refractivity (Wildman–Crippen MR) is 89.1 cm³/mol. The van der Waals surface area contributed by atoms with Crippen LogP contribution in [0.3, 0.4) is 0 Å². The van der Waals surface area contributed by atoms with Gasteiger partial charge in [0.15, 0.2) is 0 Å². The van der Waals surface area contributed by atoms with E-state index >= 15 is 0 Å². The Morgan fingerprint density at radius 3 is 2.82 bits per heavy atom. The number of nitrogens with zero attached hydrogens (tertiary/aromatic N) is 1. The summed E-state index contributed by atoms with van der Waals surface area (Å²) in [5.41, 5.74) is 2.51. The van der Waals surface area contributed by atoms with Crippen LogP contribution in [0.4, 0.5) is 0 Å². The maximum absolute atomic E-state index is 10.2. The highest BCUT2D eigenvalue weighted by molar-refractivity contribution is 6.06. The van der Waals surface area contributed by atoms with Crippen LogP contribution in [0.1, 0.15) is 57.1 Å². The molecular weight excluding hydrogens is 278 g/mol. The number of phenolic OH excluding ortho intramolecular Hbond substituents is 1. The average molecular weight is 305 g/mol. The molecule has 0 bridgehead atoms. The topological polar surface area (TPSA) is 62.1 Å². The molecule has 0 amide bonds. The Kier molecular flexibility index (Phi) is 5.83. The van der Waals surface area contributed by atoms with Gasteiger partial charge in [0.05, 0.1) is 23.9 Å². The molecule has 0 radical (unpaired) electrons. The Hall–Kier alpha value is -1.55. The minimum absolute atomic E-state index is 0.105. The molecule has 1 heterocycles. The normalized spacial score (nSPS) is 20.5. The fourth-order valence-electron chi connectivity index (χ4n) is 2.83. The third kappa shape index (κ3) is 4.23. The third-order valence-corrected chi connectivity index (χ3v) is 3.90. The maximum atomic E-state index is 10.2. The van der Waals surface area contributed by atoms with E-state index in [9.17, 15) is 10.2 Å². The lowest BCUT2D eigenvalue weighted by Gasteiger charge is -2.28. The van der Waals surface area contributed by atoms with E-state index in [1.807, 2.05) is 13.0 Å². The molecule has 2 atom stereocenters. The molecule has 0 fully saturated rings. The Labute approximate surface area is 132 Å². The van der Waals surface area contributed by atoms with E-state index in [0.717, 1.165) is 29.9 Å². The van der Waals surface area contributed by atoms with Gasteiger partial charge in [0.1, 0.15) is 17.6 Å². The zero-order chi connectivity index (χ0) is 16.1. The minimum atomic E-state index is -0.482. The first-order valence-electron chi connectivity index (χ1n) is 8.23. The van der Waals surface area contributed by atoms with Gasteiger partial charge in [0.25, 0.3) is 0 Å². The van der Waals surface area contributed by atoms with Crippen molar-refractivity contribution >= 4 is 5.71 Å². The number of aliphatic hydroxyl groups excluding tert-OH is 1. The van der Waals surface area contributed by atoms with Crippen LogP contribution in [0, 0.1) is 6.92 Å². The number of hydrogen-bond donors (Lipinski definition) is 2. The molecule has 4 nitrogen and oxygen atoms in total. The summed E-state index contributed by atoms with van der Waals surface area (Å²) in [6.45, 7) is 6.20. The van der Waals surface area contributed by atoms with Crippen molar-refractivity contribution in [2.45, 2.75) is 65.1 Å². The first-order valence-corrected chi connectivity index (χ1v) is 8.23. The first-order chi connectivity index (χ1) is 10.5. The molecular formula is C18H27NO3. The quantitative estimate of drug-likeness (QED) is 0.789. The fraction of sp³-hybridized carbons (Fsp3) is 0.611. The van der Waals surface area contributed by atoms with Crippen molar-refractivity contribution in [1.82, 2.24) is 0 Å². The number of aliphatic hydroxyl groups is 1. The summed E-state index contributed by atoms with van der Waals surface area (Å²) in [6, 6.07) is 3.69. The molecule has 1 aliphatic rings. The molecule has 22 heavy (non-hydrogen) atoms. The van der Waals surface area contributed by atoms with Gasteiger partial charge < -0.3 is 14.9 Å². The van der Waals surface area contributed by atoms with Crippen molar-refractivity contribution in [2.75, 3.05) is 6.54 Å². The number of benzene rings is 1. The van der Waals surface area contributed by atoms with Gasteiger partial charge in [-0.15, -0.1) is 0 Å². The number of hydrogen-bond acceptors (Lipinski definition) is 4. The first kappa shape index (κ1) is 16.8. The van der Waals surface area contributed by atoms with Gasteiger partial charge in [-0.3, -0.25) is 4.99 Å². The molecule has 0 aliphatic carbocycles. The van der Waals surface area contributed by atoms with Crippen molar-refractivity contribution in [3.05, 3.63) is 23.3 Å². The summed E-state index contributed by atoms with van der Waals surface area (Å²) >= 11 is 0. The standard InChI is InChI=1S/C18H27NO3/c1-4-5-6-7-14-10-15(19-11-13(3)20)18-16(21)8-12(2)9-17(18)22-14/h8-9,13-14,20-21H,4-7,10-11H2,1-3H3. The molecule has 0 saturated carbocycles. The molecule has 0 saturated heterocycles. The van der Waals surface area contributed by atoms with E-state index in [2.05, 4.69) is 11.9 Å². The number of aromatic hydroxyl groups is 1. The lowest BCUT2D eigenvalue weighted by Crippen LogP contribution is -2.28. The number of aliphatic imine (C=N–C) groups is 1. The largest absolute Gasteiger partial charge is 0.507 e. The van der Waals surface area contributed by atoms with Crippen molar-refractivity contribution in [1.29, 1.82) is 0 Å². The summed E-state index contributed by atoms with van der Waals surface area (Å²) in [7, 11) is 0. The van der Waals surface area contributed by atoms with Crippen molar-refractivity contribution < 1.29 is 14.9 Å². The number of aryl methyl sites for hydroxylation is 1. The summed E-state index contributed by atoms with van der Waals surface area (Å²) < 4.78 is 6.07. The summed E-state index contributed by atoms with van der Waals surface area (Å²) in [5.74, 6) is 0.931. The molecule has 4 heteroatoms. The zero-order valence-electron chi connectivity index (χ0n) is 13.8. The molecule has 1 aromatic carbocycles. The van der Waals surface area contributed by atoms with Crippen LogP contribution < -0.4 is 4.74 Å². The highest BCUT2D eigenvalue weighted by Crippen LogP contribution is 2.37. The summed E-state index contributed by atoms with van der Waals surface area (Å²) in [4.78, 5) is 4.52. The van der Waals surface area contributed by atoms with Gasteiger partial charge >= 0.3 is 0 Å². The number of fused-ring (bicyclic) bond motifs is 1. The number of ether oxygens (including phenoxy) is 1. The monoisotopic (exact) mass is 305 g/mol. The fourth-order valence-corrected chi connectivity index (χ4v) is 2.83. The van der Waals surface area contributed by atoms with Gasteiger partial charge in [-0.1, -0.05) is 19.8 Å². The van der Waals surface area contributed by atoms with E-state index in [1.165, 1.54) is 12.8 Å². The van der Waals surface area contributed by atoms with Crippen LogP contribution in [0.25, 0.3) is 0 Å². The molecule has 1 aliphatic heterocycles. The number of unbranched alkanes of at least 4 members (excludes halogenated alkanes) is 2. The molecule has 1 aromatic rings. The van der Waals surface area contributed by atoms with Crippen molar-refractivity contribution in [2.24, 2.45) is 4.99 Å². The predicted octanol–water partition coefficient (Wildman–Crippen LogP) is 3.60. The summed E-state index contributed by atoms with van der Waals surface area (Å²) in [5, 5.41) is 19.7. The van der Waals surface area contributed by atoms with E-state index in [0.29, 0.717) is 18.5 Å². The minimum Gasteiger partial charge on any atom is -0.507 e. The summed E-state index contributed by atoms with van der Waals surface area (Å²) in [6.07, 6.45) is 4.84. The van der Waals surface area contributed by atoms with E-state index in [4.69, 9.17) is 4.74 Å². The molecule has 122 valence electrons. The van der Waals surface area contributed by atoms with Gasteiger partial charge in [-0.25, -0.2) is 0 Å². The second kappa shape index (κ2) is 7.63. The van der Waals surface area contributed by atoms with E-state index in [1.54, 1.807) is 13.0 Å². The maximum Gasteiger partial charge on any atom is 0.132 e. The van der Waals surface area contributed by atoms with Crippen molar-refractivity contribution in [3.63, 3.8) is 0 Å². The third-order valence-electron chi connectivity index (χ3n) is 3.90. The molecule has 2 unspecified atom stereocenters. The Morgan fingerprint density at radius 2 is 2.14 bits per heavy atom. The molecule has 0 spiro atoms. The Morgan fingerprint density at radius 1 is 1.36 bits per heavy atom. The number of phenols is 1. The highest BCUT2D eigenvalue weighted by Gasteiger charge is 2.27. The Bertz CT molecular complexity index is 537. The van der Waals surface area contributed by atoms with E-state index in [-0.39, 0.29) is 11.9 Å². The van der Waals surface area contributed by atoms with Crippen molar-refractivity contribution in [3.8, 4) is 11.5 Å². The lowest BCUT2D eigenvalue weighted by atomic mass is 9.94. The van der Waals surface area contributed by atoms with Gasteiger partial charge in [0, 0.05) is 6.42 Å². The average Bonchev–Trinajstić information content (AvgIpc) is 2.44. The molecule has 0 aromatic heterocycles. The molecule has 2 N–H and O–H groups in total. The smallest absolute Gasteiger partial charge is 0.132 e. The SMILES string of the molecule is CCCCCC1CC(=NCC(C)O)c2c(O)cc(C)cc2O1. The number of rotatable bonds is 6. The van der Waals surface area contributed by atoms with E-state index < -0.39 is 6.10 Å². The second-order valence-corrected chi connectivity index (χ2v) is 6.23. The van der Waals surface area contributed by atoms with Gasteiger partial charge in [-0.2, -0.15) is 0 Å². The van der Waals surface area contributed by atoms with Crippen LogP contribution in [0.2, 0.25) is 0 Å². The van der Waals surface area contributed by atoms with Gasteiger partial charge in [0.2, 0.25) is 0 Å². The lowest BCUT2D eigenvalue weighted by molar-refractivity contribution is 0.185. The van der Waals surface area contributed by atoms with Crippen LogP contribution in [-0.4, -0.2) is 34.7 Å². The van der Waals surface area contributed by atoms with Crippen LogP contribution in [0.15, 0.2) is 17.1 Å². The zero-order valence-corrected chi connectivity index (χ0v) is 13.8. The van der Waals surface area contributed by atoms with Crippen LogP contribution in [-0.2, 0) is 0 Å². The van der Waals surface area contributed by atoms with Gasteiger partial charge in [-0.05, 0) is 44.4 Å². The Balaban J connectivity index is 2.26. The second-order valence-electron chi connectivity index (χ2n) is 6.23. The van der Waals surface area contributed by atoms with Crippen LogP contribution >= 0.6 is 0 Å². The molecule has 2 rings (SSSR count).